The molecule has 0 saturated heterocycles. The lowest BCUT2D eigenvalue weighted by Crippen LogP contribution is -2.09. The van der Waals surface area contributed by atoms with Crippen molar-refractivity contribution < 1.29 is 9.53 Å². The summed E-state index contributed by atoms with van der Waals surface area (Å²) in [6.07, 6.45) is 0. The first-order valence-electron chi connectivity index (χ1n) is 5.99. The van der Waals surface area contributed by atoms with Crippen molar-refractivity contribution >= 4 is 23.4 Å². The third-order valence-corrected chi connectivity index (χ3v) is 4.05. The number of nitrogens with two attached hydrogens (primary N) is 1. The predicted molar refractivity (Wildman–Crippen MR) is 77.5 cm³/mol. The Labute approximate surface area is 121 Å². The number of aryl methyl sites for hydroxylation is 1. The van der Waals surface area contributed by atoms with Crippen LogP contribution in [0.2, 0.25) is 0 Å². The molecule has 20 heavy (non-hydrogen) atoms. The maximum absolute atomic E-state index is 11.8. The number of nitrogens with zero attached hydrogens (tertiary/aromatic N) is 3. The van der Waals surface area contributed by atoms with Crippen LogP contribution in [0.4, 0.5) is 5.69 Å². The summed E-state index contributed by atoms with van der Waals surface area (Å²) in [5.41, 5.74) is 7.52. The molecule has 0 fully saturated rings. The van der Waals surface area contributed by atoms with Crippen LogP contribution in [0.15, 0.2) is 23.4 Å². The highest BCUT2D eigenvalue weighted by atomic mass is 32.2. The van der Waals surface area contributed by atoms with Crippen molar-refractivity contribution in [1.82, 2.24) is 14.8 Å². The number of methoxy groups -OCH3 is 1. The van der Waals surface area contributed by atoms with Gasteiger partial charge in [-0.3, -0.25) is 0 Å². The molecule has 106 valence electrons. The Kier molecular flexibility index (Phi) is 4.29. The van der Waals surface area contributed by atoms with Gasteiger partial charge in [0, 0.05) is 18.5 Å². The lowest BCUT2D eigenvalue weighted by molar-refractivity contribution is 0.0601. The molecule has 0 aliphatic heterocycles. The number of anilines is 1. The van der Waals surface area contributed by atoms with E-state index in [9.17, 15) is 4.79 Å². The highest BCUT2D eigenvalue weighted by Gasteiger charge is 2.16. The number of carbonyl (C=O) groups is 1. The summed E-state index contributed by atoms with van der Waals surface area (Å²) in [6, 6.07) is 5.37. The molecule has 2 aromatic rings. The van der Waals surface area contributed by atoms with Crippen molar-refractivity contribution in [3.05, 3.63) is 35.2 Å². The Hall–Kier alpha value is -2.02. The van der Waals surface area contributed by atoms with E-state index < -0.39 is 5.97 Å². The number of carbonyl (C=O) groups excluding carboxylic acids is 1. The maximum atomic E-state index is 11.8. The van der Waals surface area contributed by atoms with E-state index in [-0.39, 0.29) is 0 Å². The van der Waals surface area contributed by atoms with Crippen LogP contribution in [0.25, 0.3) is 0 Å². The SMILES string of the molecule is COC(=O)c1c(N)cccc1CSc1nnc(C)n1C. The number of benzene rings is 1. The first kappa shape index (κ1) is 14.4. The van der Waals surface area contributed by atoms with E-state index in [4.69, 9.17) is 10.5 Å². The lowest BCUT2D eigenvalue weighted by atomic mass is 10.1. The van der Waals surface area contributed by atoms with Gasteiger partial charge in [-0.2, -0.15) is 0 Å². The Morgan fingerprint density at radius 2 is 2.20 bits per heavy atom. The normalized spacial score (nSPS) is 10.6. The zero-order valence-corrected chi connectivity index (χ0v) is 12.4. The molecule has 0 unspecified atom stereocenters. The van der Waals surface area contributed by atoms with E-state index in [0.717, 1.165) is 16.5 Å². The third-order valence-electron chi connectivity index (χ3n) is 2.98. The van der Waals surface area contributed by atoms with E-state index in [1.54, 1.807) is 6.07 Å². The van der Waals surface area contributed by atoms with Gasteiger partial charge < -0.3 is 15.0 Å². The summed E-state index contributed by atoms with van der Waals surface area (Å²) >= 11 is 1.50. The molecule has 0 atom stereocenters. The third kappa shape index (κ3) is 2.77. The van der Waals surface area contributed by atoms with Gasteiger partial charge in [-0.25, -0.2) is 4.79 Å². The Morgan fingerprint density at radius 1 is 1.45 bits per heavy atom. The van der Waals surface area contributed by atoms with Crippen molar-refractivity contribution in [2.45, 2.75) is 17.8 Å². The van der Waals surface area contributed by atoms with Crippen LogP contribution < -0.4 is 5.73 Å². The fraction of sp³-hybridized carbons (Fsp3) is 0.308. The maximum Gasteiger partial charge on any atom is 0.340 e. The molecule has 0 radical (unpaired) electrons. The molecule has 0 saturated carbocycles. The molecule has 1 aromatic carbocycles. The fourth-order valence-electron chi connectivity index (χ4n) is 1.75. The molecule has 0 amide bonds. The van der Waals surface area contributed by atoms with Gasteiger partial charge in [0.2, 0.25) is 0 Å². The topological polar surface area (TPSA) is 83.0 Å². The fourth-order valence-corrected chi connectivity index (χ4v) is 2.70. The second-order valence-corrected chi connectivity index (χ2v) is 5.19. The minimum atomic E-state index is -0.423. The van der Waals surface area contributed by atoms with Gasteiger partial charge in [0.05, 0.1) is 12.7 Å². The van der Waals surface area contributed by atoms with Gasteiger partial charge in [-0.1, -0.05) is 23.9 Å². The van der Waals surface area contributed by atoms with Gasteiger partial charge in [0.15, 0.2) is 5.16 Å². The Balaban J connectivity index is 2.24. The van der Waals surface area contributed by atoms with E-state index in [2.05, 4.69) is 10.2 Å². The summed E-state index contributed by atoms with van der Waals surface area (Å²) in [6.45, 7) is 1.89. The molecule has 0 bridgehead atoms. The summed E-state index contributed by atoms with van der Waals surface area (Å²) in [5.74, 6) is 0.989. The van der Waals surface area contributed by atoms with E-state index in [0.29, 0.717) is 17.0 Å². The summed E-state index contributed by atoms with van der Waals surface area (Å²) in [7, 11) is 3.25. The molecular formula is C13H16N4O2S. The van der Waals surface area contributed by atoms with Crippen molar-refractivity contribution in [1.29, 1.82) is 0 Å². The van der Waals surface area contributed by atoms with E-state index in [1.165, 1.54) is 18.9 Å². The van der Waals surface area contributed by atoms with Crippen LogP contribution in [0.3, 0.4) is 0 Å². The minimum Gasteiger partial charge on any atom is -0.465 e. The zero-order valence-electron chi connectivity index (χ0n) is 11.6. The van der Waals surface area contributed by atoms with Crippen molar-refractivity contribution in [3.8, 4) is 0 Å². The van der Waals surface area contributed by atoms with Crippen molar-refractivity contribution in [3.63, 3.8) is 0 Å². The van der Waals surface area contributed by atoms with E-state index >= 15 is 0 Å². The highest BCUT2D eigenvalue weighted by Crippen LogP contribution is 2.26. The molecule has 0 spiro atoms. The minimum absolute atomic E-state index is 0.418. The van der Waals surface area contributed by atoms with Gasteiger partial charge in [-0.05, 0) is 18.6 Å². The van der Waals surface area contributed by atoms with Gasteiger partial charge in [-0.15, -0.1) is 10.2 Å². The zero-order chi connectivity index (χ0) is 14.7. The highest BCUT2D eigenvalue weighted by molar-refractivity contribution is 7.98. The second-order valence-electron chi connectivity index (χ2n) is 4.25. The van der Waals surface area contributed by atoms with Gasteiger partial charge in [0.25, 0.3) is 0 Å². The largest absolute Gasteiger partial charge is 0.465 e. The summed E-state index contributed by atoms with van der Waals surface area (Å²) in [4.78, 5) is 11.8. The van der Waals surface area contributed by atoms with E-state index in [1.807, 2.05) is 30.7 Å². The van der Waals surface area contributed by atoms with Crippen LogP contribution in [0, 0.1) is 6.92 Å². The molecule has 0 aliphatic rings. The van der Waals surface area contributed by atoms with Crippen LogP contribution >= 0.6 is 11.8 Å². The van der Waals surface area contributed by atoms with Crippen LogP contribution in [-0.2, 0) is 17.5 Å². The Bertz CT molecular complexity index is 639. The smallest absolute Gasteiger partial charge is 0.340 e. The molecule has 0 aliphatic carbocycles. The monoisotopic (exact) mass is 292 g/mol. The number of nitrogen functional groups attached to an aromatic ring is 1. The molecule has 2 N–H and O–H groups in total. The van der Waals surface area contributed by atoms with Crippen molar-refractivity contribution in [2.24, 2.45) is 7.05 Å². The molecule has 6 nitrogen and oxygen atoms in total. The standard InChI is InChI=1S/C13H16N4O2S/c1-8-15-16-13(17(8)2)20-7-9-5-4-6-10(14)11(9)12(18)19-3/h4-6H,7,14H2,1-3H3. The number of thioether (sulfide) groups is 1. The van der Waals surface area contributed by atoms with Crippen LogP contribution in [0.1, 0.15) is 21.7 Å². The molecule has 2 rings (SSSR count). The van der Waals surface area contributed by atoms with Crippen molar-refractivity contribution in [2.75, 3.05) is 12.8 Å². The number of hydrogen-bond acceptors (Lipinski definition) is 6. The molecule has 7 heteroatoms. The lowest BCUT2D eigenvalue weighted by Gasteiger charge is -2.10. The summed E-state index contributed by atoms with van der Waals surface area (Å²) < 4.78 is 6.67. The second kappa shape index (κ2) is 5.96. The summed E-state index contributed by atoms with van der Waals surface area (Å²) in [5, 5.41) is 8.86. The number of ether oxygens (including phenoxy) is 1. The quantitative estimate of drug-likeness (QED) is 0.525. The molecule has 1 heterocycles. The first-order chi connectivity index (χ1) is 9.54. The van der Waals surface area contributed by atoms with Gasteiger partial charge in [0.1, 0.15) is 5.82 Å². The number of aromatic nitrogens is 3. The molecule has 1 aromatic heterocycles. The Morgan fingerprint density at radius 3 is 2.80 bits per heavy atom. The average molecular weight is 292 g/mol. The van der Waals surface area contributed by atoms with Crippen LogP contribution in [-0.4, -0.2) is 27.8 Å². The number of esters is 1. The number of hydrogen-bond donors (Lipinski definition) is 1. The molecular weight excluding hydrogens is 276 g/mol. The first-order valence-corrected chi connectivity index (χ1v) is 6.97. The van der Waals surface area contributed by atoms with Gasteiger partial charge >= 0.3 is 5.97 Å². The number of rotatable bonds is 4. The predicted octanol–water partition coefficient (Wildman–Crippen LogP) is 1.78. The van der Waals surface area contributed by atoms with Crippen LogP contribution in [0.5, 0.6) is 0 Å². The average Bonchev–Trinajstić information content (AvgIpc) is 2.76.